The maximum atomic E-state index is 12.8. The van der Waals surface area contributed by atoms with Gasteiger partial charge in [0.1, 0.15) is 11.5 Å². The van der Waals surface area contributed by atoms with Crippen LogP contribution < -0.4 is 4.74 Å². The molecule has 0 saturated carbocycles. The van der Waals surface area contributed by atoms with Crippen molar-refractivity contribution in [3.05, 3.63) is 88.8 Å². The Kier molecular flexibility index (Phi) is 20.0. The lowest BCUT2D eigenvalue weighted by atomic mass is 10.0. The van der Waals surface area contributed by atoms with Gasteiger partial charge in [-0.2, -0.15) is 0 Å². The van der Waals surface area contributed by atoms with E-state index >= 15 is 0 Å². The molecule has 0 aromatic heterocycles. The van der Waals surface area contributed by atoms with E-state index in [-0.39, 0.29) is 18.3 Å². The van der Waals surface area contributed by atoms with E-state index < -0.39 is 5.97 Å². The summed E-state index contributed by atoms with van der Waals surface area (Å²) in [6.07, 6.45) is 21.3. The van der Waals surface area contributed by atoms with Gasteiger partial charge in [0.25, 0.3) is 0 Å². The van der Waals surface area contributed by atoms with Crippen LogP contribution in [-0.2, 0) is 20.7 Å². The predicted molar refractivity (Wildman–Crippen MR) is 166 cm³/mol. The first-order chi connectivity index (χ1) is 19.2. The van der Waals surface area contributed by atoms with Gasteiger partial charge in [-0.15, -0.1) is 12.3 Å². The minimum Gasteiger partial charge on any atom is -0.494 e. The summed E-state index contributed by atoms with van der Waals surface area (Å²) in [6, 6.07) is 5.78. The van der Waals surface area contributed by atoms with E-state index in [1.54, 1.807) is 6.92 Å². The largest absolute Gasteiger partial charge is 0.494 e. The molecule has 1 aromatic rings. The first kappa shape index (κ1) is 36.2. The zero-order valence-corrected chi connectivity index (χ0v) is 25.5. The highest BCUT2D eigenvalue weighted by Crippen LogP contribution is 2.24. The van der Waals surface area contributed by atoms with Crippen LogP contribution in [0.4, 0.5) is 0 Å². The van der Waals surface area contributed by atoms with E-state index in [2.05, 4.69) is 12.3 Å². The van der Waals surface area contributed by atoms with E-state index in [1.807, 2.05) is 102 Å². The standard InChI is InChI=1S/C30H38O5.C3H4.C2H6/c1-5-6-7-8-11-28(31)27-17-12-22(2)13-18-29(27)35-24(4)10-9-20-34-26-16-14-25(23(3)21-26)15-19-30(32)33;1-3-2;1-2/h5-8,13-14,16-18,21,24H,9-12,15,19-20H2,1-4H3,(H,32,33);1H,2H3;1-2H3/b6-5-,8-7-;;. The average Bonchev–Trinajstić information content (AvgIpc) is 3.11. The van der Waals surface area contributed by atoms with Crippen molar-refractivity contribution in [2.24, 2.45) is 0 Å². The number of carbonyl (C=O) groups is 2. The number of hydrogen-bond acceptors (Lipinski definition) is 4. The van der Waals surface area contributed by atoms with Crippen LogP contribution in [-0.4, -0.2) is 29.6 Å². The molecule has 1 unspecified atom stereocenters. The Morgan fingerprint density at radius 3 is 2.50 bits per heavy atom. The SMILES string of the molecule is C#CC.C/C=C\C=C/CC(=O)C1=CCC(C)=CC=C1OC(C)CCCOc1ccc(CCC(=O)O)c(C)c1.CC. The van der Waals surface area contributed by atoms with E-state index in [9.17, 15) is 9.59 Å². The molecule has 218 valence electrons. The minimum absolute atomic E-state index is 0.0535. The van der Waals surface area contributed by atoms with Gasteiger partial charge in [0.15, 0.2) is 5.78 Å². The molecule has 0 radical (unpaired) electrons. The summed E-state index contributed by atoms with van der Waals surface area (Å²) in [7, 11) is 0. The number of benzene rings is 1. The third-order valence-electron chi connectivity index (χ3n) is 5.73. The molecule has 1 atom stereocenters. The Morgan fingerprint density at radius 2 is 1.88 bits per heavy atom. The molecule has 5 heteroatoms. The molecule has 0 aliphatic heterocycles. The summed E-state index contributed by atoms with van der Waals surface area (Å²) in [5, 5.41) is 8.87. The number of carbonyl (C=O) groups excluding carboxylic acids is 1. The lowest BCUT2D eigenvalue weighted by molar-refractivity contribution is -0.137. The Balaban J connectivity index is 0.00000284. The maximum absolute atomic E-state index is 12.8. The first-order valence-electron chi connectivity index (χ1n) is 14.1. The molecule has 0 spiro atoms. The smallest absolute Gasteiger partial charge is 0.303 e. The molecule has 0 amide bonds. The van der Waals surface area contributed by atoms with Crippen LogP contribution in [0.5, 0.6) is 5.75 Å². The molecular formula is C35H48O5. The summed E-state index contributed by atoms with van der Waals surface area (Å²) in [6.45, 7) is 14.2. The summed E-state index contributed by atoms with van der Waals surface area (Å²) in [5.74, 6) is 2.93. The molecule has 0 fully saturated rings. The Bertz CT molecular complexity index is 1110. The van der Waals surface area contributed by atoms with Crippen LogP contribution in [0.3, 0.4) is 0 Å². The molecule has 2 rings (SSSR count). The van der Waals surface area contributed by atoms with E-state index in [1.165, 1.54) is 5.57 Å². The number of terminal acetylenes is 1. The van der Waals surface area contributed by atoms with Gasteiger partial charge in [0.05, 0.1) is 18.3 Å². The maximum Gasteiger partial charge on any atom is 0.303 e. The van der Waals surface area contributed by atoms with Crippen LogP contribution in [0.1, 0.15) is 84.8 Å². The molecule has 0 bridgehead atoms. The fraction of sp³-hybridized carbons (Fsp3) is 0.429. The lowest BCUT2D eigenvalue weighted by Crippen LogP contribution is -2.14. The Labute approximate surface area is 242 Å². The number of ether oxygens (including phenoxy) is 2. The van der Waals surface area contributed by atoms with Crippen molar-refractivity contribution in [1.29, 1.82) is 0 Å². The van der Waals surface area contributed by atoms with Gasteiger partial charge < -0.3 is 14.6 Å². The Morgan fingerprint density at radius 1 is 1.18 bits per heavy atom. The van der Waals surface area contributed by atoms with Gasteiger partial charge in [-0.1, -0.05) is 61.9 Å². The van der Waals surface area contributed by atoms with E-state index in [4.69, 9.17) is 14.6 Å². The van der Waals surface area contributed by atoms with Crippen molar-refractivity contribution in [3.63, 3.8) is 0 Å². The highest BCUT2D eigenvalue weighted by molar-refractivity contribution is 6.00. The van der Waals surface area contributed by atoms with Crippen LogP contribution in [0, 0.1) is 19.3 Å². The van der Waals surface area contributed by atoms with Gasteiger partial charge in [-0.3, -0.25) is 9.59 Å². The van der Waals surface area contributed by atoms with Crippen LogP contribution in [0.2, 0.25) is 0 Å². The number of ketones is 1. The van der Waals surface area contributed by atoms with Gasteiger partial charge in [-0.05, 0) is 89.6 Å². The zero-order chi connectivity index (χ0) is 30.3. The van der Waals surface area contributed by atoms with Crippen molar-refractivity contribution in [1.82, 2.24) is 0 Å². The lowest BCUT2D eigenvalue weighted by Gasteiger charge is -2.19. The highest BCUT2D eigenvalue weighted by Gasteiger charge is 2.18. The van der Waals surface area contributed by atoms with Crippen LogP contribution in [0.15, 0.2) is 77.6 Å². The topological polar surface area (TPSA) is 72.8 Å². The number of rotatable bonds is 14. The second-order valence-electron chi connectivity index (χ2n) is 9.14. The summed E-state index contributed by atoms with van der Waals surface area (Å²) >= 11 is 0. The average molecular weight is 549 g/mol. The molecule has 1 aliphatic rings. The molecule has 1 N–H and O–H groups in total. The highest BCUT2D eigenvalue weighted by atomic mass is 16.5. The third-order valence-corrected chi connectivity index (χ3v) is 5.73. The number of aryl methyl sites for hydroxylation is 2. The number of allylic oxidation sites excluding steroid dienone is 9. The monoisotopic (exact) mass is 548 g/mol. The molecule has 1 aliphatic carbocycles. The number of aliphatic carboxylic acids is 1. The summed E-state index contributed by atoms with van der Waals surface area (Å²) in [5.41, 5.74) is 3.89. The van der Waals surface area contributed by atoms with E-state index in [0.29, 0.717) is 30.8 Å². The molecule has 40 heavy (non-hydrogen) atoms. The van der Waals surface area contributed by atoms with Crippen molar-refractivity contribution < 1.29 is 24.2 Å². The third kappa shape index (κ3) is 15.6. The number of hydrogen-bond donors (Lipinski definition) is 1. The summed E-state index contributed by atoms with van der Waals surface area (Å²) < 4.78 is 12.1. The minimum atomic E-state index is -0.792. The van der Waals surface area contributed by atoms with Crippen LogP contribution >= 0.6 is 0 Å². The van der Waals surface area contributed by atoms with Gasteiger partial charge in [0, 0.05) is 12.8 Å². The first-order valence-corrected chi connectivity index (χ1v) is 14.1. The fourth-order valence-corrected chi connectivity index (χ4v) is 3.68. The zero-order valence-electron chi connectivity index (χ0n) is 25.5. The normalized spacial score (nSPS) is 13.3. The van der Waals surface area contributed by atoms with Crippen LogP contribution in [0.25, 0.3) is 0 Å². The fourth-order valence-electron chi connectivity index (χ4n) is 3.68. The summed E-state index contributed by atoms with van der Waals surface area (Å²) in [4.78, 5) is 23.6. The number of carboxylic acid groups (broad SMARTS) is 1. The second kappa shape index (κ2) is 22.1. The van der Waals surface area contributed by atoms with Gasteiger partial charge in [0.2, 0.25) is 0 Å². The molecule has 0 saturated heterocycles. The Hall–Kier alpha value is -3.78. The quantitative estimate of drug-likeness (QED) is 0.143. The van der Waals surface area contributed by atoms with Gasteiger partial charge in [-0.25, -0.2) is 0 Å². The molecule has 1 aromatic carbocycles. The molecular weight excluding hydrogens is 500 g/mol. The molecule has 5 nitrogen and oxygen atoms in total. The van der Waals surface area contributed by atoms with Gasteiger partial charge >= 0.3 is 5.97 Å². The number of Topliss-reactive ketones (excluding diaryl/α,β-unsaturated/α-hetero) is 1. The van der Waals surface area contributed by atoms with Crippen molar-refractivity contribution in [3.8, 4) is 18.1 Å². The predicted octanol–water partition coefficient (Wildman–Crippen LogP) is 8.49. The second-order valence-corrected chi connectivity index (χ2v) is 9.14. The van der Waals surface area contributed by atoms with Crippen molar-refractivity contribution in [2.75, 3.05) is 6.61 Å². The number of carboxylic acids is 1. The van der Waals surface area contributed by atoms with Crippen molar-refractivity contribution in [2.45, 2.75) is 93.1 Å². The molecule has 0 heterocycles. The van der Waals surface area contributed by atoms with Crippen molar-refractivity contribution >= 4 is 11.8 Å². The van der Waals surface area contributed by atoms with E-state index in [0.717, 1.165) is 36.1 Å².